The van der Waals surface area contributed by atoms with Crippen molar-refractivity contribution < 1.29 is 37.4 Å². The van der Waals surface area contributed by atoms with Crippen LogP contribution in [-0.4, -0.2) is 112 Å². The normalized spacial score (nSPS) is 19.7. The average molecular weight is 967 g/mol. The van der Waals surface area contributed by atoms with Gasteiger partial charge in [0, 0.05) is 37.9 Å². The van der Waals surface area contributed by atoms with Crippen molar-refractivity contribution in [1.29, 1.82) is 0 Å². The molecule has 5 aromatic rings. The molecule has 4 N–H and O–H groups in total. The standard InChI is InChI=1S/C52H68F2N10O6/c1-10-19-61(48(65)44(29(2)3)59-50(67)69-8)26-43-55-37-17-14-32(23-40(37)56-43)41-18-15-33(64(41)34-24-35(53)46(36(54)25-34)62-27-52(6,7)28-62)21-31-13-16-38-39(22-31)58-47(57-38)42-12-11-20-63(42)49(66)45(30(4)5)60-51(68)70-9/h13-14,16-17,22-25,29-30,33,41-42,44-45H,10-12,15,18-21,26-28H2,1-9H3,(H,55,56)(H,57,58)(H,59,67)(H,60,68)/t33?,41-,42+,44+,45+/m1/s1. The first-order chi connectivity index (χ1) is 33.4. The van der Waals surface area contributed by atoms with Crippen LogP contribution >= 0.6 is 0 Å². The van der Waals surface area contributed by atoms with Gasteiger partial charge in [0.2, 0.25) is 11.8 Å². The number of fused-ring (bicyclic) bond motifs is 2. The fraction of sp³-hybridized carbons (Fsp3) is 0.538. The number of halogens is 2. The van der Waals surface area contributed by atoms with Gasteiger partial charge in [-0.05, 0) is 103 Å². The van der Waals surface area contributed by atoms with Gasteiger partial charge in [0.1, 0.15) is 29.4 Å². The van der Waals surface area contributed by atoms with Crippen LogP contribution in [0.15, 0.2) is 48.5 Å². The number of imidazole rings is 2. The number of anilines is 2. The lowest BCUT2D eigenvalue weighted by Crippen LogP contribution is -2.53. The fourth-order valence-corrected chi connectivity index (χ4v) is 10.8. The highest BCUT2D eigenvalue weighted by Gasteiger charge is 2.41. The van der Waals surface area contributed by atoms with Crippen LogP contribution in [0.2, 0.25) is 0 Å². The number of hydrogen-bond acceptors (Lipinski definition) is 10. The van der Waals surface area contributed by atoms with E-state index in [4.69, 9.17) is 19.4 Å². The summed E-state index contributed by atoms with van der Waals surface area (Å²) in [6.07, 6.45) is 2.93. The van der Waals surface area contributed by atoms with Crippen molar-refractivity contribution in [3.8, 4) is 0 Å². The van der Waals surface area contributed by atoms with Gasteiger partial charge >= 0.3 is 12.2 Å². The third kappa shape index (κ3) is 10.4. The van der Waals surface area contributed by atoms with Crippen LogP contribution < -0.4 is 20.4 Å². The summed E-state index contributed by atoms with van der Waals surface area (Å²) in [5.74, 6) is -0.679. The quantitative estimate of drug-likeness (QED) is 0.0747. The monoisotopic (exact) mass is 967 g/mol. The van der Waals surface area contributed by atoms with Gasteiger partial charge in [-0.25, -0.2) is 28.3 Å². The van der Waals surface area contributed by atoms with Crippen LogP contribution in [0.4, 0.5) is 29.7 Å². The zero-order valence-electron chi connectivity index (χ0n) is 41.8. The van der Waals surface area contributed by atoms with E-state index in [1.54, 1.807) is 14.7 Å². The lowest BCUT2D eigenvalue weighted by molar-refractivity contribution is -0.136. The van der Waals surface area contributed by atoms with E-state index < -0.39 is 35.9 Å². The number of rotatable bonds is 16. The number of nitrogens with zero attached hydrogens (tertiary/aromatic N) is 6. The van der Waals surface area contributed by atoms with Crippen molar-refractivity contribution in [1.82, 2.24) is 40.4 Å². The summed E-state index contributed by atoms with van der Waals surface area (Å²) in [6, 6.07) is 12.8. The van der Waals surface area contributed by atoms with Gasteiger partial charge in [0.05, 0.1) is 54.9 Å². The minimum absolute atomic E-state index is 0.000607. The Hall–Kier alpha value is -6.46. The average Bonchev–Trinajstić information content (AvgIpc) is 4.13. The number of ether oxygens (including phenoxy) is 2. The van der Waals surface area contributed by atoms with Crippen LogP contribution in [-0.2, 0) is 32.0 Å². The van der Waals surface area contributed by atoms with Crippen molar-refractivity contribution in [3.63, 3.8) is 0 Å². The number of nitrogens with one attached hydrogen (secondary N) is 4. The van der Waals surface area contributed by atoms with E-state index in [-0.39, 0.29) is 59.4 Å². The van der Waals surface area contributed by atoms with Gasteiger partial charge in [-0.2, -0.15) is 0 Å². The zero-order valence-corrected chi connectivity index (χ0v) is 41.8. The van der Waals surface area contributed by atoms with Gasteiger partial charge in [-0.1, -0.05) is 60.6 Å². The van der Waals surface area contributed by atoms with Gasteiger partial charge in [0.25, 0.3) is 0 Å². The number of benzene rings is 3. The van der Waals surface area contributed by atoms with Crippen LogP contribution in [0.25, 0.3) is 22.1 Å². The highest BCUT2D eigenvalue weighted by atomic mass is 19.1. The minimum atomic E-state index is -0.779. The van der Waals surface area contributed by atoms with Crippen LogP contribution in [0, 0.1) is 28.9 Å². The number of aromatic nitrogens is 4. The number of likely N-dealkylation sites (tertiary alicyclic amines) is 1. The predicted molar refractivity (Wildman–Crippen MR) is 264 cm³/mol. The largest absolute Gasteiger partial charge is 0.453 e. The number of H-pyrrole nitrogens is 2. The highest BCUT2D eigenvalue weighted by molar-refractivity contribution is 5.87. The first kappa shape index (κ1) is 49.9. The van der Waals surface area contributed by atoms with Crippen molar-refractivity contribution >= 4 is 57.4 Å². The van der Waals surface area contributed by atoms with Crippen LogP contribution in [0.1, 0.15) is 115 Å². The minimum Gasteiger partial charge on any atom is -0.453 e. The Balaban J connectivity index is 1.07. The second-order valence-corrected chi connectivity index (χ2v) is 20.7. The molecule has 3 fully saturated rings. The third-order valence-corrected chi connectivity index (χ3v) is 14.1. The second-order valence-electron chi connectivity index (χ2n) is 20.7. The zero-order chi connectivity index (χ0) is 50.2. The molecule has 8 rings (SSSR count). The maximum atomic E-state index is 16.3. The van der Waals surface area contributed by atoms with E-state index in [0.717, 1.165) is 53.4 Å². The molecular weight excluding hydrogens is 899 g/mol. The summed E-state index contributed by atoms with van der Waals surface area (Å²) in [5.41, 5.74) is 5.46. The molecule has 5 heterocycles. The van der Waals surface area contributed by atoms with E-state index in [1.165, 1.54) is 26.4 Å². The molecule has 0 radical (unpaired) electrons. The SMILES string of the molecule is CCCN(Cc1nc2ccc([C@H]3CCC(Cc4ccc5nc([C@@H]6CCCN6C(=O)[C@@H](NC(=O)OC)C(C)C)[nH]c5c4)N3c3cc(F)c(N4CC(C)(C)C4)c(F)c3)cc2[nH]1)C(=O)[C@@H](NC(=O)OC)C(C)C. The maximum absolute atomic E-state index is 16.3. The molecule has 3 aromatic carbocycles. The van der Waals surface area contributed by atoms with Crippen LogP contribution in [0.3, 0.4) is 0 Å². The molecule has 3 saturated heterocycles. The van der Waals surface area contributed by atoms with Gasteiger partial charge in [0.15, 0.2) is 11.6 Å². The van der Waals surface area contributed by atoms with E-state index in [1.807, 2.05) is 65.0 Å². The summed E-state index contributed by atoms with van der Waals surface area (Å²) >= 11 is 0. The molecule has 376 valence electrons. The van der Waals surface area contributed by atoms with Crippen molar-refractivity contribution in [3.05, 3.63) is 82.9 Å². The molecule has 3 aliphatic heterocycles. The Bertz CT molecular complexity index is 2710. The Morgan fingerprint density at radius 2 is 1.47 bits per heavy atom. The first-order valence-electron chi connectivity index (χ1n) is 24.7. The molecule has 1 unspecified atom stereocenters. The Labute approximate surface area is 408 Å². The van der Waals surface area contributed by atoms with Crippen molar-refractivity contribution in [2.45, 2.75) is 124 Å². The Morgan fingerprint density at radius 1 is 0.829 bits per heavy atom. The highest BCUT2D eigenvalue weighted by Crippen LogP contribution is 2.45. The predicted octanol–water partition coefficient (Wildman–Crippen LogP) is 8.68. The molecule has 2 aromatic heterocycles. The van der Waals surface area contributed by atoms with E-state index in [0.29, 0.717) is 61.9 Å². The lowest BCUT2D eigenvalue weighted by atomic mass is 9.84. The summed E-state index contributed by atoms with van der Waals surface area (Å²) in [5, 5.41) is 5.39. The number of amides is 4. The molecule has 0 aliphatic carbocycles. The molecule has 16 nitrogen and oxygen atoms in total. The Kier molecular flexibility index (Phi) is 14.6. The van der Waals surface area contributed by atoms with Gasteiger partial charge in [-0.3, -0.25) is 9.59 Å². The topological polar surface area (TPSA) is 181 Å². The molecule has 0 bridgehead atoms. The summed E-state index contributed by atoms with van der Waals surface area (Å²) in [7, 11) is 2.54. The van der Waals surface area contributed by atoms with E-state index >= 15 is 8.78 Å². The maximum Gasteiger partial charge on any atom is 0.407 e. The number of carbonyl (C=O) groups excluding carboxylic acids is 4. The number of alkyl carbamates (subject to hydrolysis) is 2. The number of hydrogen-bond donors (Lipinski definition) is 4. The third-order valence-electron chi connectivity index (χ3n) is 14.1. The summed E-state index contributed by atoms with van der Waals surface area (Å²) in [6.45, 7) is 16.0. The Morgan fingerprint density at radius 3 is 2.11 bits per heavy atom. The summed E-state index contributed by atoms with van der Waals surface area (Å²) < 4.78 is 42.2. The van der Waals surface area contributed by atoms with Crippen LogP contribution in [0.5, 0.6) is 0 Å². The molecule has 5 atom stereocenters. The van der Waals surface area contributed by atoms with Gasteiger partial charge in [-0.15, -0.1) is 0 Å². The number of aromatic amines is 2. The number of carbonyl (C=O) groups is 4. The summed E-state index contributed by atoms with van der Waals surface area (Å²) in [4.78, 5) is 76.1. The molecule has 0 spiro atoms. The van der Waals surface area contributed by atoms with Crippen molar-refractivity contribution in [2.24, 2.45) is 17.3 Å². The molecular formula is C52H68F2N10O6. The van der Waals surface area contributed by atoms with Gasteiger partial charge < -0.3 is 49.7 Å². The molecule has 0 saturated carbocycles. The van der Waals surface area contributed by atoms with E-state index in [2.05, 4.69) is 45.4 Å². The smallest absolute Gasteiger partial charge is 0.407 e. The number of methoxy groups -OCH3 is 2. The molecule has 18 heteroatoms. The lowest BCUT2D eigenvalue weighted by Gasteiger charge is -2.47. The van der Waals surface area contributed by atoms with Crippen molar-refractivity contribution in [2.75, 3.05) is 50.2 Å². The second kappa shape index (κ2) is 20.5. The molecule has 70 heavy (non-hydrogen) atoms. The first-order valence-corrected chi connectivity index (χ1v) is 24.7. The molecule has 3 aliphatic rings. The fourth-order valence-electron chi connectivity index (χ4n) is 10.8. The molecule has 4 amide bonds. The van der Waals surface area contributed by atoms with E-state index in [9.17, 15) is 19.2 Å².